The molecule has 0 aromatic heterocycles. The van der Waals surface area contributed by atoms with Gasteiger partial charge in [0.15, 0.2) is 17.6 Å². The Labute approximate surface area is 235 Å². The van der Waals surface area contributed by atoms with Crippen molar-refractivity contribution in [2.75, 3.05) is 17.1 Å². The largest absolute Gasteiger partial charge is 0.493 e. The monoisotopic (exact) mass is 554 g/mol. The molecule has 0 N–H and O–H groups in total. The highest BCUT2D eigenvalue weighted by Crippen LogP contribution is 2.48. The molecule has 0 unspecified atom stereocenters. The number of esters is 1. The number of benzene rings is 4. The highest BCUT2D eigenvalue weighted by molar-refractivity contribution is 6.31. The van der Waals surface area contributed by atoms with Crippen molar-refractivity contribution < 1.29 is 28.7 Å². The molecule has 2 saturated heterocycles. The van der Waals surface area contributed by atoms with E-state index in [0.717, 1.165) is 4.90 Å². The average Bonchev–Trinajstić information content (AvgIpc) is 3.50. The molecule has 3 atom stereocenters. The molecule has 4 aromatic carbocycles. The van der Waals surface area contributed by atoms with Gasteiger partial charge in [-0.3, -0.25) is 14.4 Å². The maximum atomic E-state index is 13.8. The first-order valence-electron chi connectivity index (χ1n) is 12.6. The number of imide groups is 1. The fourth-order valence-electron chi connectivity index (χ4n) is 5.08. The molecule has 2 aliphatic rings. The lowest BCUT2D eigenvalue weighted by Gasteiger charge is -2.29. The Kier molecular flexibility index (Phi) is 6.71. The van der Waals surface area contributed by atoms with Gasteiger partial charge in [-0.2, -0.15) is 0 Å². The number of hydrogen-bond acceptors (Lipinski definition) is 7. The van der Waals surface area contributed by atoms with Crippen LogP contribution in [0.2, 0.25) is 5.02 Å². The van der Waals surface area contributed by atoms with Gasteiger partial charge in [-0.05, 0) is 66.2 Å². The van der Waals surface area contributed by atoms with Gasteiger partial charge in [0.25, 0.3) is 5.91 Å². The molecule has 0 aliphatic carbocycles. The number of methoxy groups -OCH3 is 1. The molecule has 2 aliphatic heterocycles. The van der Waals surface area contributed by atoms with Crippen molar-refractivity contribution in [2.45, 2.75) is 12.1 Å². The molecule has 0 bridgehead atoms. The van der Waals surface area contributed by atoms with Crippen LogP contribution >= 0.6 is 11.6 Å². The van der Waals surface area contributed by atoms with E-state index in [1.807, 2.05) is 36.4 Å². The third-order valence-electron chi connectivity index (χ3n) is 6.95. The number of rotatable bonds is 6. The lowest BCUT2D eigenvalue weighted by Crippen LogP contribution is -2.37. The summed E-state index contributed by atoms with van der Waals surface area (Å²) >= 11 is 6.02. The first kappa shape index (κ1) is 25.6. The number of carbonyl (C=O) groups is 3. The molecule has 9 heteroatoms. The third kappa shape index (κ3) is 4.47. The number of para-hydroxylation sites is 1. The highest BCUT2D eigenvalue weighted by atomic mass is 35.5. The van der Waals surface area contributed by atoms with Gasteiger partial charge in [0, 0.05) is 5.02 Å². The van der Waals surface area contributed by atoms with Crippen LogP contribution < -0.4 is 19.4 Å². The molecule has 2 amide bonds. The highest BCUT2D eigenvalue weighted by Gasteiger charge is 2.60. The summed E-state index contributed by atoms with van der Waals surface area (Å²) in [6.07, 6.45) is -1.03. The topological polar surface area (TPSA) is 85.4 Å². The van der Waals surface area contributed by atoms with E-state index in [0.29, 0.717) is 33.3 Å². The number of halogens is 1. The Morgan fingerprint density at radius 1 is 0.800 bits per heavy atom. The fraction of sp³-hybridized carbons (Fsp3) is 0.129. The van der Waals surface area contributed by atoms with Gasteiger partial charge in [0.2, 0.25) is 5.91 Å². The van der Waals surface area contributed by atoms with Gasteiger partial charge in [0.05, 0.1) is 30.1 Å². The van der Waals surface area contributed by atoms with E-state index < -0.39 is 29.9 Å². The van der Waals surface area contributed by atoms with Crippen molar-refractivity contribution in [1.29, 1.82) is 0 Å². The third-order valence-corrected chi connectivity index (χ3v) is 7.20. The van der Waals surface area contributed by atoms with Crippen LogP contribution in [0.4, 0.5) is 11.4 Å². The number of carbonyl (C=O) groups excluding carboxylic acids is 3. The van der Waals surface area contributed by atoms with Crippen molar-refractivity contribution in [3.05, 3.63) is 119 Å². The Bertz CT molecular complexity index is 1580. The van der Waals surface area contributed by atoms with Crippen LogP contribution in [0.25, 0.3) is 0 Å². The van der Waals surface area contributed by atoms with Crippen molar-refractivity contribution >= 4 is 40.8 Å². The van der Waals surface area contributed by atoms with Gasteiger partial charge in [-0.1, -0.05) is 54.1 Å². The standard InChI is InChI=1S/C31H23ClN2O6/c1-38-25-18-20(12-17-24(25)39-31(37)19-8-4-2-5-9-19)27-26-28(40-34(27)23-10-6-3-7-11-23)30(36)33(29(26)35)22-15-13-21(32)14-16-22/h2-18,26-28H,1H3/t26-,27-,28+/m1/s1. The number of anilines is 2. The summed E-state index contributed by atoms with van der Waals surface area (Å²) in [5, 5.41) is 2.09. The van der Waals surface area contributed by atoms with Crippen LogP contribution in [0.3, 0.4) is 0 Å². The minimum absolute atomic E-state index is 0.221. The van der Waals surface area contributed by atoms with Crippen molar-refractivity contribution in [2.24, 2.45) is 5.92 Å². The SMILES string of the molecule is COc1cc([C@@H]2[C@H]3C(=O)N(c4ccc(Cl)cc4)C(=O)[C@H]3ON2c2ccccc2)ccc1OC(=O)c1ccccc1. The summed E-state index contributed by atoms with van der Waals surface area (Å²) in [7, 11) is 1.47. The lowest BCUT2D eigenvalue weighted by atomic mass is 9.90. The summed E-state index contributed by atoms with van der Waals surface area (Å²) in [6.45, 7) is 0. The number of hydrogen-bond donors (Lipinski definition) is 0. The predicted molar refractivity (Wildman–Crippen MR) is 148 cm³/mol. The second-order valence-electron chi connectivity index (χ2n) is 9.31. The molecule has 0 radical (unpaired) electrons. The Balaban J connectivity index is 1.38. The quantitative estimate of drug-likeness (QED) is 0.174. The molecular weight excluding hydrogens is 532 g/mol. The molecule has 200 valence electrons. The van der Waals surface area contributed by atoms with Gasteiger partial charge in [-0.25, -0.2) is 14.8 Å². The number of hydroxylamine groups is 1. The number of amides is 2. The van der Waals surface area contributed by atoms with Gasteiger partial charge in [0.1, 0.15) is 5.92 Å². The lowest BCUT2D eigenvalue weighted by molar-refractivity contribution is -0.126. The van der Waals surface area contributed by atoms with Gasteiger partial charge in [-0.15, -0.1) is 0 Å². The molecule has 40 heavy (non-hydrogen) atoms. The zero-order chi connectivity index (χ0) is 27.8. The molecule has 4 aromatic rings. The summed E-state index contributed by atoms with van der Waals surface area (Å²) < 4.78 is 11.2. The Hall–Kier alpha value is -4.66. The first-order valence-corrected chi connectivity index (χ1v) is 12.9. The predicted octanol–water partition coefficient (Wildman–Crippen LogP) is 5.62. The van der Waals surface area contributed by atoms with E-state index >= 15 is 0 Å². The van der Waals surface area contributed by atoms with Gasteiger partial charge < -0.3 is 9.47 Å². The average molecular weight is 555 g/mol. The number of nitrogens with zero attached hydrogens (tertiary/aromatic N) is 2. The van der Waals surface area contributed by atoms with E-state index in [1.54, 1.807) is 71.8 Å². The molecule has 0 saturated carbocycles. The minimum Gasteiger partial charge on any atom is -0.493 e. The maximum Gasteiger partial charge on any atom is 0.343 e. The Morgan fingerprint density at radius 3 is 2.15 bits per heavy atom. The van der Waals surface area contributed by atoms with E-state index in [2.05, 4.69) is 0 Å². The van der Waals surface area contributed by atoms with Crippen molar-refractivity contribution in [1.82, 2.24) is 0 Å². The zero-order valence-corrected chi connectivity index (χ0v) is 22.0. The van der Waals surface area contributed by atoms with Crippen molar-refractivity contribution in [3.63, 3.8) is 0 Å². The summed E-state index contributed by atoms with van der Waals surface area (Å²) in [4.78, 5) is 47.4. The molecule has 8 nitrogen and oxygen atoms in total. The summed E-state index contributed by atoms with van der Waals surface area (Å²) in [5.41, 5.74) is 2.14. The zero-order valence-electron chi connectivity index (χ0n) is 21.3. The van der Waals surface area contributed by atoms with E-state index in [-0.39, 0.29) is 11.7 Å². The van der Waals surface area contributed by atoms with Crippen LogP contribution in [-0.4, -0.2) is 31.0 Å². The Morgan fingerprint density at radius 2 is 1.48 bits per heavy atom. The minimum atomic E-state index is -1.03. The molecule has 2 fully saturated rings. The van der Waals surface area contributed by atoms with Crippen LogP contribution in [0, 0.1) is 5.92 Å². The van der Waals surface area contributed by atoms with Crippen LogP contribution in [0.5, 0.6) is 11.5 Å². The smallest absolute Gasteiger partial charge is 0.343 e. The second-order valence-corrected chi connectivity index (χ2v) is 9.75. The van der Waals surface area contributed by atoms with Crippen LogP contribution in [0.15, 0.2) is 103 Å². The second kappa shape index (κ2) is 10.5. The molecular formula is C31H23ClN2O6. The van der Waals surface area contributed by atoms with Crippen LogP contribution in [0.1, 0.15) is 22.0 Å². The van der Waals surface area contributed by atoms with E-state index in [1.165, 1.54) is 7.11 Å². The van der Waals surface area contributed by atoms with E-state index in [4.69, 9.17) is 25.9 Å². The summed E-state index contributed by atoms with van der Waals surface area (Å²) in [5.74, 6) is -1.70. The normalized spacial score (nSPS) is 20.0. The number of fused-ring (bicyclic) bond motifs is 1. The van der Waals surface area contributed by atoms with E-state index in [9.17, 15) is 14.4 Å². The molecule has 0 spiro atoms. The maximum absolute atomic E-state index is 13.8. The molecule has 6 rings (SSSR count). The first-order chi connectivity index (χ1) is 19.5. The van der Waals surface area contributed by atoms with Crippen LogP contribution in [-0.2, 0) is 14.4 Å². The fourth-order valence-corrected chi connectivity index (χ4v) is 5.21. The van der Waals surface area contributed by atoms with Crippen molar-refractivity contribution in [3.8, 4) is 11.5 Å². The van der Waals surface area contributed by atoms with Gasteiger partial charge >= 0.3 is 5.97 Å². The summed E-state index contributed by atoms with van der Waals surface area (Å²) in [6, 6.07) is 28.8. The molecule has 2 heterocycles. The number of ether oxygens (including phenoxy) is 2.